The maximum Gasteiger partial charge on any atom is 0.337 e. The van der Waals surface area contributed by atoms with Crippen LogP contribution in [0.3, 0.4) is 0 Å². The maximum atomic E-state index is 14.5. The topological polar surface area (TPSA) is 55.7 Å². The molecule has 172 valence electrons. The third kappa shape index (κ3) is 5.36. The molecule has 1 fully saturated rings. The molecule has 0 N–H and O–H groups in total. The normalized spacial score (nSPS) is 15.2. The number of ketones is 1. The van der Waals surface area contributed by atoms with Crippen molar-refractivity contribution in [2.45, 2.75) is 51.9 Å². The lowest BCUT2D eigenvalue weighted by Crippen LogP contribution is -2.12. The predicted octanol–water partition coefficient (Wildman–Crippen LogP) is 6.49. The maximum absolute atomic E-state index is 14.5. The van der Waals surface area contributed by atoms with Gasteiger partial charge in [0.1, 0.15) is 5.82 Å². The van der Waals surface area contributed by atoms with Crippen LogP contribution in [-0.4, -0.2) is 24.6 Å². The number of nitrogens with zero attached hydrogens (tertiary/aromatic N) is 1. The molecular weight excluding hydrogens is 417 g/mol. The van der Waals surface area contributed by atoms with Crippen LogP contribution in [0.25, 0.3) is 5.57 Å². The average Bonchev–Trinajstić information content (AvgIpc) is 3.61. The van der Waals surface area contributed by atoms with Crippen molar-refractivity contribution >= 4 is 23.0 Å². The number of benzene rings is 2. The third-order valence-electron chi connectivity index (χ3n) is 6.40. The van der Waals surface area contributed by atoms with Crippen molar-refractivity contribution in [3.8, 4) is 0 Å². The first-order valence-corrected chi connectivity index (χ1v) is 11.1. The Morgan fingerprint density at radius 3 is 2.42 bits per heavy atom. The van der Waals surface area contributed by atoms with Crippen LogP contribution in [0.1, 0.15) is 77.4 Å². The number of esters is 1. The zero-order valence-corrected chi connectivity index (χ0v) is 19.7. The summed E-state index contributed by atoms with van der Waals surface area (Å²) in [5.74, 6) is -0.979. The van der Waals surface area contributed by atoms with Gasteiger partial charge in [-0.25, -0.2) is 9.18 Å². The minimum Gasteiger partial charge on any atom is -0.465 e. The van der Waals surface area contributed by atoms with E-state index in [0.717, 1.165) is 30.5 Å². The van der Waals surface area contributed by atoms with Gasteiger partial charge in [0, 0.05) is 35.0 Å². The fourth-order valence-corrected chi connectivity index (χ4v) is 4.17. The first-order chi connectivity index (χ1) is 15.7. The zero-order chi connectivity index (χ0) is 24.2. The summed E-state index contributed by atoms with van der Waals surface area (Å²) in [5, 5.41) is 0. The van der Waals surface area contributed by atoms with Crippen LogP contribution in [0.4, 0.5) is 4.39 Å². The van der Waals surface area contributed by atoms with E-state index < -0.39 is 11.8 Å². The van der Waals surface area contributed by atoms with E-state index in [2.05, 4.69) is 24.6 Å². The number of carbonyl (C=O) groups is 2. The summed E-state index contributed by atoms with van der Waals surface area (Å²) in [5.41, 5.74) is 5.05. The Balaban J connectivity index is 1.94. The largest absolute Gasteiger partial charge is 0.465 e. The molecule has 0 unspecified atom stereocenters. The zero-order valence-electron chi connectivity index (χ0n) is 19.7. The molecule has 0 atom stereocenters. The summed E-state index contributed by atoms with van der Waals surface area (Å²) in [6.07, 6.45) is 7.03. The van der Waals surface area contributed by atoms with Crippen LogP contribution in [0.5, 0.6) is 0 Å². The molecule has 0 heterocycles. The van der Waals surface area contributed by atoms with Crippen molar-refractivity contribution in [1.29, 1.82) is 0 Å². The monoisotopic (exact) mass is 447 g/mol. The molecule has 0 radical (unpaired) electrons. The molecule has 0 aromatic heterocycles. The quantitative estimate of drug-likeness (QED) is 0.191. The SMILES string of the molecule is C=C/C(=C\N=C(/C)Cc1cc(C(C)=O)ccc1C1(CC)CC1)c1cc(C(=O)OC)ccc1F. The van der Waals surface area contributed by atoms with Gasteiger partial charge in [-0.2, -0.15) is 0 Å². The Morgan fingerprint density at radius 2 is 1.85 bits per heavy atom. The number of ether oxygens (including phenoxy) is 1. The van der Waals surface area contributed by atoms with E-state index in [0.29, 0.717) is 17.6 Å². The van der Waals surface area contributed by atoms with Gasteiger partial charge >= 0.3 is 5.97 Å². The summed E-state index contributed by atoms with van der Waals surface area (Å²) in [6, 6.07) is 10.0. The highest BCUT2D eigenvalue weighted by Gasteiger charge is 2.43. The summed E-state index contributed by atoms with van der Waals surface area (Å²) in [6.45, 7) is 9.46. The van der Waals surface area contributed by atoms with Gasteiger partial charge in [-0.3, -0.25) is 9.79 Å². The van der Waals surface area contributed by atoms with Crippen LogP contribution in [0, 0.1) is 5.82 Å². The van der Waals surface area contributed by atoms with E-state index in [-0.39, 0.29) is 22.3 Å². The Labute approximate surface area is 194 Å². The highest BCUT2D eigenvalue weighted by atomic mass is 19.1. The number of hydrogen-bond donors (Lipinski definition) is 0. The second-order valence-corrected chi connectivity index (χ2v) is 8.58. The van der Waals surface area contributed by atoms with E-state index >= 15 is 0 Å². The fourth-order valence-electron chi connectivity index (χ4n) is 4.17. The average molecular weight is 448 g/mol. The van der Waals surface area contributed by atoms with E-state index in [1.165, 1.54) is 36.9 Å². The van der Waals surface area contributed by atoms with Crippen LogP contribution in [0.15, 0.2) is 60.2 Å². The van der Waals surface area contributed by atoms with Gasteiger partial charge in [0.25, 0.3) is 0 Å². The lowest BCUT2D eigenvalue weighted by atomic mass is 9.86. The second kappa shape index (κ2) is 10.1. The molecular formula is C28H30FNO3. The highest BCUT2D eigenvalue weighted by molar-refractivity contribution is 5.95. The van der Waals surface area contributed by atoms with Crippen molar-refractivity contribution in [3.05, 3.63) is 88.9 Å². The first-order valence-electron chi connectivity index (χ1n) is 11.1. The Bertz CT molecular complexity index is 1160. The molecule has 2 aromatic carbocycles. The molecule has 33 heavy (non-hydrogen) atoms. The van der Waals surface area contributed by atoms with Gasteiger partial charge in [-0.15, -0.1) is 0 Å². The number of methoxy groups -OCH3 is 1. The van der Waals surface area contributed by atoms with E-state index in [9.17, 15) is 14.0 Å². The number of Topliss-reactive ketones (excluding diaryl/α,β-unsaturated/α-hetero) is 1. The van der Waals surface area contributed by atoms with Gasteiger partial charge in [-0.1, -0.05) is 31.7 Å². The minimum atomic E-state index is -0.540. The summed E-state index contributed by atoms with van der Waals surface area (Å²) < 4.78 is 19.2. The lowest BCUT2D eigenvalue weighted by Gasteiger charge is -2.19. The fraction of sp³-hybridized carbons (Fsp3) is 0.321. The number of allylic oxidation sites excluding steroid dienone is 2. The molecule has 1 saturated carbocycles. The van der Waals surface area contributed by atoms with Crippen LogP contribution < -0.4 is 0 Å². The molecule has 0 spiro atoms. The molecule has 0 bridgehead atoms. The number of halogens is 1. The Morgan fingerprint density at radius 1 is 1.15 bits per heavy atom. The van der Waals surface area contributed by atoms with Crippen molar-refractivity contribution in [2.24, 2.45) is 4.99 Å². The minimum absolute atomic E-state index is 0.0357. The van der Waals surface area contributed by atoms with Crippen LogP contribution >= 0.6 is 0 Å². The molecule has 1 aliphatic rings. The molecule has 3 rings (SSSR count). The molecule has 5 heteroatoms. The van der Waals surface area contributed by atoms with Crippen LogP contribution in [-0.2, 0) is 16.6 Å². The van der Waals surface area contributed by atoms with Gasteiger partial charge < -0.3 is 4.74 Å². The number of hydrogen-bond acceptors (Lipinski definition) is 4. The molecule has 1 aliphatic carbocycles. The number of carbonyl (C=O) groups excluding carboxylic acids is 2. The molecule has 4 nitrogen and oxygen atoms in total. The number of aliphatic imine (C=N–C) groups is 1. The standard InChI is InChI=1S/C28H30FNO3/c1-6-20(24-16-22(27(32)33-5)9-11-26(24)29)17-30-18(3)14-23-15-21(19(4)31)8-10-25(23)28(7-2)12-13-28/h6,8-11,15-17H,1,7,12-14H2,2-5H3/b20-17+,30-18+. The first kappa shape index (κ1) is 24.3. The second-order valence-electron chi connectivity index (χ2n) is 8.58. The van der Waals surface area contributed by atoms with E-state index in [1.807, 2.05) is 19.1 Å². The molecule has 0 aliphatic heterocycles. The molecule has 0 amide bonds. The van der Waals surface area contributed by atoms with Gasteiger partial charge in [0.2, 0.25) is 0 Å². The highest BCUT2D eigenvalue weighted by Crippen LogP contribution is 2.52. The van der Waals surface area contributed by atoms with Crippen molar-refractivity contribution in [2.75, 3.05) is 7.11 Å². The van der Waals surface area contributed by atoms with Crippen molar-refractivity contribution < 1.29 is 18.7 Å². The van der Waals surface area contributed by atoms with Crippen molar-refractivity contribution in [3.63, 3.8) is 0 Å². The summed E-state index contributed by atoms with van der Waals surface area (Å²) in [7, 11) is 1.28. The van der Waals surface area contributed by atoms with E-state index in [4.69, 9.17) is 4.74 Å². The Kier molecular flexibility index (Phi) is 7.42. The lowest BCUT2D eigenvalue weighted by molar-refractivity contribution is 0.0600. The summed E-state index contributed by atoms with van der Waals surface area (Å²) >= 11 is 0. The number of rotatable bonds is 9. The van der Waals surface area contributed by atoms with E-state index in [1.54, 1.807) is 13.1 Å². The predicted molar refractivity (Wildman–Crippen MR) is 130 cm³/mol. The van der Waals surface area contributed by atoms with Crippen molar-refractivity contribution in [1.82, 2.24) is 0 Å². The third-order valence-corrected chi connectivity index (χ3v) is 6.40. The Hall–Kier alpha value is -3.34. The van der Waals surface area contributed by atoms with Gasteiger partial charge in [0.05, 0.1) is 12.7 Å². The van der Waals surface area contributed by atoms with Gasteiger partial charge in [-0.05, 0) is 73.9 Å². The molecule has 2 aromatic rings. The summed E-state index contributed by atoms with van der Waals surface area (Å²) in [4.78, 5) is 28.3. The van der Waals surface area contributed by atoms with Crippen LogP contribution in [0.2, 0.25) is 0 Å². The molecule has 0 saturated heterocycles. The smallest absolute Gasteiger partial charge is 0.337 e. The van der Waals surface area contributed by atoms with Gasteiger partial charge in [0.15, 0.2) is 5.78 Å².